The van der Waals surface area contributed by atoms with E-state index < -0.39 is 0 Å². The maximum Gasteiger partial charge on any atom is 0.0992 e. The molecule has 0 bridgehead atoms. The summed E-state index contributed by atoms with van der Waals surface area (Å²) in [4.78, 5) is 2.12. The molecule has 92 valence electrons. The Hall–Kier alpha value is -1.73. The Bertz CT molecular complexity index is 398. The van der Waals surface area contributed by atoms with Gasteiger partial charge in [0.15, 0.2) is 0 Å². The highest BCUT2D eigenvalue weighted by atomic mass is 16.5. The third-order valence-corrected chi connectivity index (χ3v) is 2.59. The molecule has 0 spiro atoms. The van der Waals surface area contributed by atoms with E-state index in [1.54, 1.807) is 12.1 Å². The van der Waals surface area contributed by atoms with Crippen molar-refractivity contribution < 1.29 is 4.74 Å². The van der Waals surface area contributed by atoms with Crippen LogP contribution in [0.2, 0.25) is 0 Å². The largest absolute Gasteiger partial charge is 0.397 e. The molecule has 0 aliphatic rings. The first-order valence-electron chi connectivity index (χ1n) is 5.85. The van der Waals surface area contributed by atoms with Crippen LogP contribution in [0.1, 0.15) is 19.4 Å². The van der Waals surface area contributed by atoms with Crippen molar-refractivity contribution in [2.75, 3.05) is 36.9 Å². The number of rotatable bonds is 6. The van der Waals surface area contributed by atoms with Crippen molar-refractivity contribution in [3.05, 3.63) is 23.8 Å². The van der Waals surface area contributed by atoms with E-state index in [1.165, 1.54) is 0 Å². The number of nitrogens with zero attached hydrogens (tertiary/aromatic N) is 2. The highest BCUT2D eigenvalue weighted by molar-refractivity contribution is 5.69. The Morgan fingerprint density at radius 2 is 2.18 bits per heavy atom. The van der Waals surface area contributed by atoms with Crippen LogP contribution in [0.15, 0.2) is 18.2 Å². The van der Waals surface area contributed by atoms with Gasteiger partial charge < -0.3 is 15.4 Å². The first-order valence-corrected chi connectivity index (χ1v) is 5.85. The molecule has 0 aromatic heterocycles. The summed E-state index contributed by atoms with van der Waals surface area (Å²) in [5, 5.41) is 8.89. The van der Waals surface area contributed by atoms with Gasteiger partial charge in [0.1, 0.15) is 0 Å². The first kappa shape index (κ1) is 13.3. The fourth-order valence-corrected chi connectivity index (χ4v) is 1.66. The van der Waals surface area contributed by atoms with Gasteiger partial charge in [0.2, 0.25) is 0 Å². The van der Waals surface area contributed by atoms with Crippen LogP contribution in [0.25, 0.3) is 0 Å². The fourth-order valence-electron chi connectivity index (χ4n) is 1.66. The summed E-state index contributed by atoms with van der Waals surface area (Å²) in [6, 6.07) is 7.46. The number of nitrogens with two attached hydrogens (primary N) is 1. The van der Waals surface area contributed by atoms with Gasteiger partial charge >= 0.3 is 0 Å². The van der Waals surface area contributed by atoms with E-state index in [4.69, 9.17) is 15.7 Å². The van der Waals surface area contributed by atoms with Crippen molar-refractivity contribution in [3.63, 3.8) is 0 Å². The predicted octanol–water partition coefficient (Wildman–Crippen LogP) is 2.00. The minimum atomic E-state index is 0.629. The van der Waals surface area contributed by atoms with Gasteiger partial charge in [-0.2, -0.15) is 5.26 Å². The number of anilines is 2. The second kappa shape index (κ2) is 6.77. The molecule has 0 fully saturated rings. The van der Waals surface area contributed by atoms with E-state index in [9.17, 15) is 0 Å². The zero-order valence-corrected chi connectivity index (χ0v) is 10.4. The summed E-state index contributed by atoms with van der Waals surface area (Å²) in [7, 11) is 0. The molecule has 0 aliphatic carbocycles. The number of nitriles is 1. The molecule has 0 unspecified atom stereocenters. The summed E-state index contributed by atoms with van der Waals surface area (Å²) in [5.74, 6) is 0. The van der Waals surface area contributed by atoms with Crippen LogP contribution in [-0.4, -0.2) is 26.3 Å². The number of benzene rings is 1. The Morgan fingerprint density at radius 1 is 1.41 bits per heavy atom. The van der Waals surface area contributed by atoms with Crippen LogP contribution in [0, 0.1) is 11.3 Å². The minimum Gasteiger partial charge on any atom is -0.397 e. The normalized spacial score (nSPS) is 9.94. The average molecular weight is 233 g/mol. The lowest BCUT2D eigenvalue weighted by Gasteiger charge is -2.24. The van der Waals surface area contributed by atoms with Gasteiger partial charge in [0.05, 0.1) is 29.6 Å². The maximum atomic E-state index is 8.89. The second-order valence-electron chi connectivity index (χ2n) is 3.66. The zero-order chi connectivity index (χ0) is 12.7. The van der Waals surface area contributed by atoms with Crippen LogP contribution in [0.5, 0.6) is 0 Å². The van der Waals surface area contributed by atoms with Crippen molar-refractivity contribution in [1.82, 2.24) is 0 Å². The number of ether oxygens (including phenoxy) is 1. The molecule has 4 heteroatoms. The third-order valence-electron chi connectivity index (χ3n) is 2.59. The van der Waals surface area contributed by atoms with Crippen LogP contribution in [-0.2, 0) is 4.74 Å². The first-order chi connectivity index (χ1) is 8.22. The molecule has 2 N–H and O–H groups in total. The summed E-state index contributed by atoms with van der Waals surface area (Å²) in [6.45, 7) is 7.03. The Kier molecular flexibility index (Phi) is 5.31. The van der Waals surface area contributed by atoms with Crippen molar-refractivity contribution >= 4 is 11.4 Å². The van der Waals surface area contributed by atoms with Crippen LogP contribution < -0.4 is 10.6 Å². The molecule has 1 aromatic rings. The predicted molar refractivity (Wildman–Crippen MR) is 69.9 cm³/mol. The topological polar surface area (TPSA) is 62.3 Å². The highest BCUT2D eigenvalue weighted by Crippen LogP contribution is 2.24. The summed E-state index contributed by atoms with van der Waals surface area (Å²) in [5.41, 5.74) is 8.17. The molecule has 4 nitrogen and oxygen atoms in total. The molecule has 0 heterocycles. The van der Waals surface area contributed by atoms with Crippen LogP contribution >= 0.6 is 0 Å². The third kappa shape index (κ3) is 3.65. The van der Waals surface area contributed by atoms with E-state index in [0.29, 0.717) is 24.5 Å². The van der Waals surface area contributed by atoms with E-state index in [-0.39, 0.29) is 0 Å². The molecule has 0 radical (unpaired) electrons. The van der Waals surface area contributed by atoms with Gasteiger partial charge in [-0.15, -0.1) is 0 Å². The molecule has 0 amide bonds. The van der Waals surface area contributed by atoms with Gasteiger partial charge in [-0.1, -0.05) is 0 Å². The summed E-state index contributed by atoms with van der Waals surface area (Å²) in [6.07, 6.45) is 0. The Balaban J connectivity index is 2.83. The molecule has 17 heavy (non-hydrogen) atoms. The smallest absolute Gasteiger partial charge is 0.0992 e. The van der Waals surface area contributed by atoms with E-state index in [2.05, 4.69) is 17.9 Å². The molecule has 0 aliphatic heterocycles. The number of likely N-dealkylation sites (N-methyl/N-ethyl adjacent to an activating group) is 1. The summed E-state index contributed by atoms with van der Waals surface area (Å²) < 4.78 is 5.34. The SMILES string of the molecule is CCOCCN(CC)c1cc(C#N)ccc1N. The standard InChI is InChI=1S/C13H19N3O/c1-3-16(7-8-17-4-2)13-9-11(10-14)5-6-12(13)15/h5-6,9H,3-4,7-8,15H2,1-2H3. The van der Waals surface area contributed by atoms with Crippen molar-refractivity contribution in [2.24, 2.45) is 0 Å². The zero-order valence-electron chi connectivity index (χ0n) is 10.4. The molecule has 1 rings (SSSR count). The lowest BCUT2D eigenvalue weighted by atomic mass is 10.1. The number of nitrogen functional groups attached to an aromatic ring is 1. The average Bonchev–Trinajstić information content (AvgIpc) is 2.36. The van der Waals surface area contributed by atoms with Crippen molar-refractivity contribution in [2.45, 2.75) is 13.8 Å². The molecule has 0 atom stereocenters. The number of hydrogen-bond acceptors (Lipinski definition) is 4. The molecule has 1 aromatic carbocycles. The Labute approximate surface area is 103 Å². The van der Waals surface area contributed by atoms with Gasteiger partial charge in [0, 0.05) is 19.7 Å². The van der Waals surface area contributed by atoms with Gasteiger partial charge in [0.25, 0.3) is 0 Å². The highest BCUT2D eigenvalue weighted by Gasteiger charge is 2.08. The van der Waals surface area contributed by atoms with Crippen molar-refractivity contribution in [3.8, 4) is 6.07 Å². The molecular weight excluding hydrogens is 214 g/mol. The molecular formula is C13H19N3O. The maximum absolute atomic E-state index is 8.89. The number of hydrogen-bond donors (Lipinski definition) is 1. The fraction of sp³-hybridized carbons (Fsp3) is 0.462. The van der Waals surface area contributed by atoms with Gasteiger partial charge in [-0.3, -0.25) is 0 Å². The van der Waals surface area contributed by atoms with Crippen molar-refractivity contribution in [1.29, 1.82) is 5.26 Å². The lowest BCUT2D eigenvalue weighted by molar-refractivity contribution is 0.154. The van der Waals surface area contributed by atoms with E-state index in [1.807, 2.05) is 13.0 Å². The van der Waals surface area contributed by atoms with Gasteiger partial charge in [-0.05, 0) is 32.0 Å². The second-order valence-corrected chi connectivity index (χ2v) is 3.66. The quantitative estimate of drug-likeness (QED) is 0.603. The monoisotopic (exact) mass is 233 g/mol. The lowest BCUT2D eigenvalue weighted by Crippen LogP contribution is -2.28. The summed E-state index contributed by atoms with van der Waals surface area (Å²) >= 11 is 0. The van der Waals surface area contributed by atoms with Crippen LogP contribution in [0.4, 0.5) is 11.4 Å². The molecule has 0 saturated heterocycles. The molecule has 0 saturated carbocycles. The Morgan fingerprint density at radius 3 is 2.76 bits per heavy atom. The minimum absolute atomic E-state index is 0.629. The van der Waals surface area contributed by atoms with Gasteiger partial charge in [-0.25, -0.2) is 0 Å². The van der Waals surface area contributed by atoms with E-state index in [0.717, 1.165) is 18.8 Å². The van der Waals surface area contributed by atoms with E-state index >= 15 is 0 Å². The van der Waals surface area contributed by atoms with Crippen LogP contribution in [0.3, 0.4) is 0 Å².